The Bertz CT molecular complexity index is 1210. The largest absolute Gasteiger partial charge is 0.507 e. The molecule has 164 valence electrons. The highest BCUT2D eigenvalue weighted by Crippen LogP contribution is 2.44. The molecule has 32 heavy (non-hydrogen) atoms. The van der Waals surface area contributed by atoms with Gasteiger partial charge in [-0.2, -0.15) is 0 Å². The summed E-state index contributed by atoms with van der Waals surface area (Å²) in [5.41, 5.74) is 0.949. The first-order valence-electron chi connectivity index (χ1n) is 10.1. The van der Waals surface area contributed by atoms with Gasteiger partial charge >= 0.3 is 5.91 Å². The molecule has 1 fully saturated rings. The number of aromatic nitrogens is 1. The van der Waals surface area contributed by atoms with Crippen LogP contribution in [0.15, 0.2) is 54.1 Å². The standard InChI is InChI=1S/C24H21FN2O4S/c1-4-31-16-11-9-15(10-12-16)21(28)19-20(17-7-5-6-8-18(17)25)27(23(30)22(19)29)24-26-13(2)14(3)32-24/h5-12,20,28H,4H2,1-3H3/b21-19+. The van der Waals surface area contributed by atoms with Crippen molar-refractivity contribution in [1.82, 2.24) is 4.98 Å². The van der Waals surface area contributed by atoms with Gasteiger partial charge in [-0.1, -0.05) is 18.2 Å². The molecule has 1 aliphatic rings. The molecule has 0 bridgehead atoms. The number of ether oxygens (including phenoxy) is 1. The van der Waals surface area contributed by atoms with E-state index in [9.17, 15) is 19.1 Å². The Morgan fingerprint density at radius 3 is 2.44 bits per heavy atom. The number of hydrogen-bond donors (Lipinski definition) is 1. The van der Waals surface area contributed by atoms with Gasteiger partial charge in [-0.3, -0.25) is 14.5 Å². The molecule has 1 atom stereocenters. The first-order valence-corrected chi connectivity index (χ1v) is 10.9. The number of nitrogens with zero attached hydrogens (tertiary/aromatic N) is 2. The Kier molecular flexibility index (Phi) is 5.80. The molecule has 0 radical (unpaired) electrons. The Morgan fingerprint density at radius 2 is 1.84 bits per heavy atom. The summed E-state index contributed by atoms with van der Waals surface area (Å²) in [7, 11) is 0. The number of ketones is 1. The van der Waals surface area contributed by atoms with Gasteiger partial charge in [0, 0.05) is 16.0 Å². The number of thiazole rings is 1. The second-order valence-electron chi connectivity index (χ2n) is 7.29. The second-order valence-corrected chi connectivity index (χ2v) is 8.47. The molecule has 2 heterocycles. The highest BCUT2D eigenvalue weighted by atomic mass is 32.1. The van der Waals surface area contributed by atoms with Crippen molar-refractivity contribution < 1.29 is 23.8 Å². The fraction of sp³-hybridized carbons (Fsp3) is 0.208. The number of aryl methyl sites for hydroxylation is 2. The molecular formula is C24H21FN2O4S. The predicted molar refractivity (Wildman–Crippen MR) is 120 cm³/mol. The normalized spacial score (nSPS) is 17.8. The number of rotatable bonds is 5. The maximum absolute atomic E-state index is 14.9. The number of aliphatic hydroxyl groups is 1. The van der Waals surface area contributed by atoms with Gasteiger partial charge in [-0.15, -0.1) is 11.3 Å². The van der Waals surface area contributed by atoms with Crippen LogP contribution in [0, 0.1) is 19.7 Å². The first-order chi connectivity index (χ1) is 15.3. The minimum absolute atomic E-state index is 0.102. The lowest BCUT2D eigenvalue weighted by Crippen LogP contribution is -2.29. The van der Waals surface area contributed by atoms with Crippen molar-refractivity contribution in [2.45, 2.75) is 26.8 Å². The molecule has 0 saturated carbocycles. The van der Waals surface area contributed by atoms with Crippen molar-refractivity contribution in [2.24, 2.45) is 0 Å². The van der Waals surface area contributed by atoms with E-state index in [1.54, 1.807) is 37.3 Å². The van der Waals surface area contributed by atoms with Gasteiger partial charge in [0.25, 0.3) is 5.78 Å². The van der Waals surface area contributed by atoms with Gasteiger partial charge < -0.3 is 9.84 Å². The molecule has 1 unspecified atom stereocenters. The Hall–Kier alpha value is -3.52. The van der Waals surface area contributed by atoms with E-state index in [-0.39, 0.29) is 22.0 Å². The van der Waals surface area contributed by atoms with Crippen LogP contribution in [-0.4, -0.2) is 28.4 Å². The van der Waals surface area contributed by atoms with Gasteiger partial charge in [-0.05, 0) is 51.1 Å². The molecule has 1 N–H and O–H groups in total. The molecule has 1 saturated heterocycles. The number of carbonyl (C=O) groups is 2. The molecule has 2 aromatic carbocycles. The van der Waals surface area contributed by atoms with Gasteiger partial charge in [0.2, 0.25) is 0 Å². The van der Waals surface area contributed by atoms with Gasteiger partial charge in [0.15, 0.2) is 5.13 Å². The smallest absolute Gasteiger partial charge is 0.301 e. The summed E-state index contributed by atoms with van der Waals surface area (Å²) in [6, 6.07) is 11.2. The highest BCUT2D eigenvalue weighted by molar-refractivity contribution is 7.16. The monoisotopic (exact) mass is 452 g/mol. The van der Waals surface area contributed by atoms with Crippen LogP contribution < -0.4 is 9.64 Å². The van der Waals surface area contributed by atoms with E-state index in [2.05, 4.69) is 4.98 Å². The summed E-state index contributed by atoms with van der Waals surface area (Å²) in [4.78, 5) is 32.6. The van der Waals surface area contributed by atoms with Crippen molar-refractivity contribution in [3.63, 3.8) is 0 Å². The van der Waals surface area contributed by atoms with E-state index in [1.165, 1.54) is 34.4 Å². The van der Waals surface area contributed by atoms with Crippen LogP contribution in [0.5, 0.6) is 5.75 Å². The fourth-order valence-electron chi connectivity index (χ4n) is 3.61. The average molecular weight is 453 g/mol. The van der Waals surface area contributed by atoms with Gasteiger partial charge in [-0.25, -0.2) is 9.37 Å². The second kappa shape index (κ2) is 8.55. The zero-order valence-corrected chi connectivity index (χ0v) is 18.6. The van der Waals surface area contributed by atoms with Gasteiger partial charge in [0.05, 0.1) is 17.9 Å². The molecule has 0 spiro atoms. The first kappa shape index (κ1) is 21.7. The Labute approximate surface area is 188 Å². The summed E-state index contributed by atoms with van der Waals surface area (Å²) >= 11 is 1.24. The molecule has 8 heteroatoms. The maximum atomic E-state index is 14.9. The minimum atomic E-state index is -1.15. The van der Waals surface area contributed by atoms with Crippen LogP contribution >= 0.6 is 11.3 Å². The van der Waals surface area contributed by atoms with Crippen LogP contribution in [0.3, 0.4) is 0 Å². The summed E-state index contributed by atoms with van der Waals surface area (Å²) in [6.45, 7) is 5.98. The van der Waals surface area contributed by atoms with Crippen LogP contribution in [0.2, 0.25) is 0 Å². The van der Waals surface area contributed by atoms with Crippen molar-refractivity contribution in [2.75, 3.05) is 11.5 Å². The number of anilines is 1. The quantitative estimate of drug-likeness (QED) is 0.338. The lowest BCUT2D eigenvalue weighted by atomic mass is 9.95. The molecule has 6 nitrogen and oxygen atoms in total. The van der Waals surface area contributed by atoms with E-state index < -0.39 is 23.5 Å². The number of Topliss-reactive ketones (excluding diaryl/α,β-unsaturated/α-hetero) is 1. The Morgan fingerprint density at radius 1 is 1.16 bits per heavy atom. The minimum Gasteiger partial charge on any atom is -0.507 e. The van der Waals surface area contributed by atoms with E-state index in [0.29, 0.717) is 23.6 Å². The molecule has 4 rings (SSSR count). The summed E-state index contributed by atoms with van der Waals surface area (Å²) in [6.07, 6.45) is 0. The maximum Gasteiger partial charge on any atom is 0.301 e. The lowest BCUT2D eigenvalue weighted by molar-refractivity contribution is -0.132. The van der Waals surface area contributed by atoms with Gasteiger partial charge in [0.1, 0.15) is 23.4 Å². The number of benzene rings is 2. The highest BCUT2D eigenvalue weighted by Gasteiger charge is 2.49. The van der Waals surface area contributed by atoms with Crippen molar-refractivity contribution in [3.8, 4) is 5.75 Å². The van der Waals surface area contributed by atoms with Crippen LogP contribution in [-0.2, 0) is 9.59 Å². The summed E-state index contributed by atoms with van der Waals surface area (Å²) in [5, 5.41) is 11.4. The van der Waals surface area contributed by atoms with E-state index in [0.717, 1.165) is 4.88 Å². The molecule has 0 aliphatic carbocycles. The van der Waals surface area contributed by atoms with E-state index >= 15 is 0 Å². The van der Waals surface area contributed by atoms with Crippen molar-refractivity contribution in [3.05, 3.63) is 81.6 Å². The van der Waals surface area contributed by atoms with Crippen LogP contribution in [0.1, 0.15) is 34.7 Å². The third kappa shape index (κ3) is 3.67. The zero-order valence-electron chi connectivity index (χ0n) is 17.8. The topological polar surface area (TPSA) is 79.7 Å². The molecule has 1 aliphatic heterocycles. The number of amides is 1. The molecule has 1 aromatic heterocycles. The third-order valence-electron chi connectivity index (χ3n) is 5.31. The SMILES string of the molecule is CCOc1ccc(/C(O)=C2\C(=O)C(=O)N(c3nc(C)c(C)s3)C2c2ccccc2F)cc1. The number of hydrogen-bond acceptors (Lipinski definition) is 6. The average Bonchev–Trinajstić information content (AvgIpc) is 3.24. The summed E-state index contributed by atoms with van der Waals surface area (Å²) < 4.78 is 20.3. The summed E-state index contributed by atoms with van der Waals surface area (Å²) in [5.74, 6) is -2.13. The van der Waals surface area contributed by atoms with Crippen molar-refractivity contribution >= 4 is 33.9 Å². The van der Waals surface area contributed by atoms with Crippen LogP contribution in [0.25, 0.3) is 5.76 Å². The lowest BCUT2D eigenvalue weighted by Gasteiger charge is -2.23. The molecule has 3 aromatic rings. The third-order valence-corrected chi connectivity index (χ3v) is 6.38. The zero-order chi connectivity index (χ0) is 23.0. The Balaban J connectivity index is 1.91. The van der Waals surface area contributed by atoms with E-state index in [4.69, 9.17) is 4.74 Å². The predicted octanol–water partition coefficient (Wildman–Crippen LogP) is 4.92. The van der Waals surface area contributed by atoms with E-state index in [1.807, 2.05) is 13.8 Å². The number of aliphatic hydroxyl groups excluding tert-OH is 1. The van der Waals surface area contributed by atoms with Crippen LogP contribution in [0.4, 0.5) is 9.52 Å². The number of carbonyl (C=O) groups excluding carboxylic acids is 2. The fourth-order valence-corrected chi connectivity index (χ4v) is 4.55. The molecule has 1 amide bonds. The molecular weight excluding hydrogens is 431 g/mol. The number of halogens is 1. The van der Waals surface area contributed by atoms with Crippen molar-refractivity contribution in [1.29, 1.82) is 0 Å².